The molecule has 0 fully saturated rings. The fraction of sp³-hybridized carbons (Fsp3) is 0.417. The van der Waals surface area contributed by atoms with E-state index < -0.39 is 11.5 Å². The fourth-order valence-corrected chi connectivity index (χ4v) is 1.48. The van der Waals surface area contributed by atoms with Gasteiger partial charge in [0.15, 0.2) is 11.5 Å². The number of aliphatic hydroxyl groups is 1. The van der Waals surface area contributed by atoms with Gasteiger partial charge in [-0.3, -0.25) is 4.79 Å². The Kier molecular flexibility index (Phi) is 4.52. The van der Waals surface area contributed by atoms with E-state index in [0.29, 0.717) is 5.56 Å². The van der Waals surface area contributed by atoms with E-state index >= 15 is 0 Å². The summed E-state index contributed by atoms with van der Waals surface area (Å²) in [5.74, 6) is -1.14. The number of ether oxygens (including phenoxy) is 1. The minimum Gasteiger partial charge on any atom is -0.504 e. The number of carbonyl (C=O) groups is 1. The van der Waals surface area contributed by atoms with Crippen molar-refractivity contribution in [3.05, 3.63) is 23.8 Å². The largest absolute Gasteiger partial charge is 0.504 e. The molecular formula is C12H17NO5. The molecule has 1 aromatic carbocycles. The number of phenolic OH excluding ortho intramolecular Hbond substituents is 2. The summed E-state index contributed by atoms with van der Waals surface area (Å²) < 4.78 is 4.76. The van der Waals surface area contributed by atoms with Gasteiger partial charge < -0.3 is 25.8 Å². The molecule has 0 spiro atoms. The van der Waals surface area contributed by atoms with Crippen LogP contribution < -0.4 is 5.73 Å². The maximum absolute atomic E-state index is 11.6. The van der Waals surface area contributed by atoms with Crippen LogP contribution in [0.1, 0.15) is 12.5 Å². The van der Waals surface area contributed by atoms with Crippen molar-refractivity contribution in [2.45, 2.75) is 18.9 Å². The first-order valence-electron chi connectivity index (χ1n) is 5.44. The van der Waals surface area contributed by atoms with Gasteiger partial charge in [-0.25, -0.2) is 0 Å². The Morgan fingerprint density at radius 1 is 1.39 bits per heavy atom. The summed E-state index contributed by atoms with van der Waals surface area (Å²) in [6.45, 7) is 1.13. The Morgan fingerprint density at radius 2 is 2.06 bits per heavy atom. The van der Waals surface area contributed by atoms with E-state index in [-0.39, 0.29) is 31.1 Å². The van der Waals surface area contributed by atoms with Crippen molar-refractivity contribution in [1.29, 1.82) is 0 Å². The van der Waals surface area contributed by atoms with Crippen LogP contribution in [0.15, 0.2) is 18.2 Å². The molecule has 0 aliphatic rings. The molecule has 0 amide bonds. The van der Waals surface area contributed by atoms with Crippen LogP contribution in [0.4, 0.5) is 0 Å². The minimum atomic E-state index is -1.27. The number of hydrogen-bond acceptors (Lipinski definition) is 6. The molecule has 0 aliphatic carbocycles. The van der Waals surface area contributed by atoms with Crippen molar-refractivity contribution >= 4 is 5.97 Å². The van der Waals surface area contributed by atoms with Gasteiger partial charge in [0.1, 0.15) is 12.1 Å². The summed E-state index contributed by atoms with van der Waals surface area (Å²) in [6, 6.07) is 4.21. The molecule has 0 bridgehead atoms. The third kappa shape index (κ3) is 3.61. The Balaban J connectivity index is 2.75. The van der Waals surface area contributed by atoms with E-state index in [1.165, 1.54) is 19.1 Å². The van der Waals surface area contributed by atoms with Crippen molar-refractivity contribution in [2.75, 3.05) is 13.2 Å². The Morgan fingerprint density at radius 3 is 2.61 bits per heavy atom. The number of aromatic hydroxyl groups is 2. The highest BCUT2D eigenvalue weighted by Gasteiger charge is 2.30. The number of benzene rings is 1. The van der Waals surface area contributed by atoms with E-state index in [2.05, 4.69) is 0 Å². The van der Waals surface area contributed by atoms with Gasteiger partial charge in [-0.2, -0.15) is 0 Å². The highest BCUT2D eigenvalue weighted by Crippen LogP contribution is 2.26. The number of carbonyl (C=O) groups excluding carboxylic acids is 1. The average Bonchev–Trinajstić information content (AvgIpc) is 2.30. The lowest BCUT2D eigenvalue weighted by Gasteiger charge is -2.22. The molecule has 1 aromatic rings. The van der Waals surface area contributed by atoms with E-state index in [4.69, 9.17) is 20.7 Å². The van der Waals surface area contributed by atoms with Gasteiger partial charge in [0.05, 0.1) is 6.61 Å². The third-order valence-corrected chi connectivity index (χ3v) is 2.40. The van der Waals surface area contributed by atoms with E-state index in [0.717, 1.165) is 0 Å². The molecule has 18 heavy (non-hydrogen) atoms. The predicted molar refractivity (Wildman–Crippen MR) is 64.1 cm³/mol. The molecule has 0 heterocycles. The first-order valence-corrected chi connectivity index (χ1v) is 5.44. The number of esters is 1. The van der Waals surface area contributed by atoms with E-state index in [9.17, 15) is 9.90 Å². The summed E-state index contributed by atoms with van der Waals surface area (Å²) in [7, 11) is 0. The molecule has 6 heteroatoms. The number of aliphatic hydroxyl groups excluding tert-OH is 1. The zero-order valence-electron chi connectivity index (χ0n) is 10.1. The summed E-state index contributed by atoms with van der Waals surface area (Å²) in [5.41, 5.74) is 5.15. The van der Waals surface area contributed by atoms with Crippen LogP contribution in [0.2, 0.25) is 0 Å². The highest BCUT2D eigenvalue weighted by molar-refractivity contribution is 5.80. The summed E-state index contributed by atoms with van der Waals surface area (Å²) >= 11 is 0. The van der Waals surface area contributed by atoms with Gasteiger partial charge in [0.25, 0.3) is 0 Å². The molecule has 0 saturated carbocycles. The van der Waals surface area contributed by atoms with Crippen LogP contribution in [-0.2, 0) is 16.0 Å². The summed E-state index contributed by atoms with van der Waals surface area (Å²) in [6.07, 6.45) is 0.144. The maximum Gasteiger partial charge on any atom is 0.326 e. The average molecular weight is 255 g/mol. The third-order valence-electron chi connectivity index (χ3n) is 2.40. The van der Waals surface area contributed by atoms with Gasteiger partial charge in [-0.15, -0.1) is 0 Å². The molecule has 0 aliphatic heterocycles. The van der Waals surface area contributed by atoms with Crippen molar-refractivity contribution in [2.24, 2.45) is 5.73 Å². The monoisotopic (exact) mass is 255 g/mol. The lowest BCUT2D eigenvalue weighted by molar-refractivity contribution is -0.150. The highest BCUT2D eigenvalue weighted by atomic mass is 16.5. The lowest BCUT2D eigenvalue weighted by Crippen LogP contribution is -2.48. The van der Waals surface area contributed by atoms with Crippen molar-refractivity contribution in [3.63, 3.8) is 0 Å². The molecule has 0 saturated heterocycles. The number of phenols is 2. The molecule has 100 valence electrons. The zero-order chi connectivity index (χ0) is 13.8. The molecule has 0 aromatic heterocycles. The Labute approximate surface area is 105 Å². The molecule has 1 atom stereocenters. The van der Waals surface area contributed by atoms with E-state index in [1.54, 1.807) is 6.07 Å². The van der Waals surface area contributed by atoms with Crippen LogP contribution in [0.5, 0.6) is 11.5 Å². The van der Waals surface area contributed by atoms with E-state index in [1.807, 2.05) is 0 Å². The first kappa shape index (κ1) is 14.3. The second-order valence-electron chi connectivity index (χ2n) is 4.28. The van der Waals surface area contributed by atoms with Crippen LogP contribution >= 0.6 is 0 Å². The first-order chi connectivity index (χ1) is 8.36. The zero-order valence-corrected chi connectivity index (χ0v) is 10.1. The van der Waals surface area contributed by atoms with Crippen LogP contribution in [-0.4, -0.2) is 40.0 Å². The van der Waals surface area contributed by atoms with Gasteiger partial charge in [-0.1, -0.05) is 6.07 Å². The minimum absolute atomic E-state index is 0.105. The smallest absolute Gasteiger partial charge is 0.326 e. The molecule has 0 radical (unpaired) electrons. The summed E-state index contributed by atoms with van der Waals surface area (Å²) in [5, 5.41) is 27.1. The van der Waals surface area contributed by atoms with Crippen molar-refractivity contribution in [3.8, 4) is 11.5 Å². The lowest BCUT2D eigenvalue weighted by atomic mass is 9.94. The van der Waals surface area contributed by atoms with Gasteiger partial charge in [0.2, 0.25) is 0 Å². The van der Waals surface area contributed by atoms with Gasteiger partial charge in [0, 0.05) is 6.42 Å². The number of hydrogen-bond donors (Lipinski definition) is 4. The molecule has 5 N–H and O–H groups in total. The SMILES string of the molecule is C[C@](N)(Cc1ccc(O)c(O)c1)C(=O)OCCO. The van der Waals surface area contributed by atoms with Crippen LogP contribution in [0, 0.1) is 0 Å². The van der Waals surface area contributed by atoms with Crippen LogP contribution in [0.25, 0.3) is 0 Å². The molecule has 0 unspecified atom stereocenters. The molecule has 6 nitrogen and oxygen atoms in total. The standard InChI is InChI=1S/C12H17NO5/c1-12(13,11(17)18-5-4-14)7-8-2-3-9(15)10(16)6-8/h2-3,6,14-16H,4-5,7,13H2,1H3/t12-/m0/s1. The second kappa shape index (κ2) is 5.70. The van der Waals surface area contributed by atoms with Crippen molar-refractivity contribution in [1.82, 2.24) is 0 Å². The van der Waals surface area contributed by atoms with Gasteiger partial charge in [-0.05, 0) is 24.6 Å². The summed E-state index contributed by atoms with van der Waals surface area (Å²) in [4.78, 5) is 11.6. The fourth-order valence-electron chi connectivity index (χ4n) is 1.48. The Bertz CT molecular complexity index is 430. The van der Waals surface area contributed by atoms with Gasteiger partial charge >= 0.3 is 5.97 Å². The number of rotatable bonds is 5. The molecule has 1 rings (SSSR count). The second-order valence-corrected chi connectivity index (χ2v) is 4.28. The predicted octanol–water partition coefficient (Wildman–Crippen LogP) is -0.107. The quantitative estimate of drug-likeness (QED) is 0.431. The van der Waals surface area contributed by atoms with Crippen molar-refractivity contribution < 1.29 is 24.9 Å². The maximum atomic E-state index is 11.6. The molecular weight excluding hydrogens is 238 g/mol. The Hall–Kier alpha value is -1.79. The van der Waals surface area contributed by atoms with Crippen LogP contribution in [0.3, 0.4) is 0 Å². The number of nitrogens with two attached hydrogens (primary N) is 1. The topological polar surface area (TPSA) is 113 Å². The normalized spacial score (nSPS) is 13.9.